The number of hydrogen-bond acceptors (Lipinski definition) is 3. The largest absolute Gasteiger partial charge is 0.489 e. The van der Waals surface area contributed by atoms with Crippen LogP contribution in [0.3, 0.4) is 0 Å². The number of carbonyl (C=O) groups is 1. The van der Waals surface area contributed by atoms with E-state index in [-0.39, 0.29) is 23.7 Å². The van der Waals surface area contributed by atoms with Gasteiger partial charge in [0.15, 0.2) is 5.76 Å². The lowest BCUT2D eigenvalue weighted by Crippen LogP contribution is -1.99. The molecule has 3 nitrogen and oxygen atoms in total. The standard InChI is InChI=1S/C23H16ClFO3/c1-14-5-2-3-6-15(14)11-22-23(26)17-10-9-16(12-21(17)28-22)27-13-18-19(24)7-4-8-20(18)25/h2-12H,13H2,1H3/b22-11-. The lowest BCUT2D eigenvalue weighted by Gasteiger charge is -2.09. The fraction of sp³-hybridized carbons (Fsp3) is 0.0870. The number of halogens is 2. The summed E-state index contributed by atoms with van der Waals surface area (Å²) >= 11 is 6.02. The molecule has 0 aromatic heterocycles. The lowest BCUT2D eigenvalue weighted by molar-refractivity contribution is 0.101. The minimum absolute atomic E-state index is 0.0237. The minimum Gasteiger partial charge on any atom is -0.489 e. The molecule has 0 atom stereocenters. The first-order valence-electron chi connectivity index (χ1n) is 8.72. The second kappa shape index (κ2) is 7.49. The summed E-state index contributed by atoms with van der Waals surface area (Å²) in [5.74, 6) is 0.536. The molecular weight excluding hydrogens is 379 g/mol. The van der Waals surface area contributed by atoms with Gasteiger partial charge in [-0.15, -0.1) is 0 Å². The number of carbonyl (C=O) groups excluding carboxylic acids is 1. The van der Waals surface area contributed by atoms with Gasteiger partial charge in [0.25, 0.3) is 0 Å². The van der Waals surface area contributed by atoms with E-state index in [4.69, 9.17) is 21.1 Å². The number of hydrogen-bond donors (Lipinski definition) is 0. The van der Waals surface area contributed by atoms with Crippen molar-refractivity contribution in [2.24, 2.45) is 0 Å². The Labute approximate surface area is 167 Å². The molecule has 1 aliphatic heterocycles. The molecule has 0 radical (unpaired) electrons. The third kappa shape index (κ3) is 3.51. The zero-order chi connectivity index (χ0) is 19.7. The highest BCUT2D eigenvalue weighted by Gasteiger charge is 2.28. The molecule has 0 unspecified atom stereocenters. The fourth-order valence-corrected chi connectivity index (χ4v) is 3.19. The molecular formula is C23H16ClFO3. The van der Waals surface area contributed by atoms with Crippen LogP contribution in [-0.4, -0.2) is 5.78 Å². The van der Waals surface area contributed by atoms with E-state index in [1.807, 2.05) is 31.2 Å². The Morgan fingerprint density at radius 2 is 1.93 bits per heavy atom. The molecule has 0 amide bonds. The Morgan fingerprint density at radius 3 is 2.71 bits per heavy atom. The van der Waals surface area contributed by atoms with Crippen LogP contribution in [0.15, 0.2) is 66.4 Å². The summed E-state index contributed by atoms with van der Waals surface area (Å²) in [5, 5.41) is 0.302. The zero-order valence-electron chi connectivity index (χ0n) is 15.0. The summed E-state index contributed by atoms with van der Waals surface area (Å²) in [6.07, 6.45) is 1.73. The van der Waals surface area contributed by atoms with Crippen LogP contribution >= 0.6 is 11.6 Å². The average Bonchev–Trinajstić information content (AvgIpc) is 2.98. The van der Waals surface area contributed by atoms with Crippen molar-refractivity contribution in [3.05, 3.63) is 99.5 Å². The van der Waals surface area contributed by atoms with Gasteiger partial charge in [-0.3, -0.25) is 4.79 Å². The molecule has 140 valence electrons. The van der Waals surface area contributed by atoms with Gasteiger partial charge in [-0.05, 0) is 48.4 Å². The highest BCUT2D eigenvalue weighted by molar-refractivity contribution is 6.31. The second-order valence-corrected chi connectivity index (χ2v) is 6.85. The van der Waals surface area contributed by atoms with Crippen LogP contribution in [0.4, 0.5) is 4.39 Å². The van der Waals surface area contributed by atoms with Crippen molar-refractivity contribution >= 4 is 23.5 Å². The number of Topliss-reactive ketones (excluding diaryl/α,β-unsaturated/α-hetero) is 1. The van der Waals surface area contributed by atoms with Gasteiger partial charge in [0.05, 0.1) is 10.6 Å². The molecule has 5 heteroatoms. The number of rotatable bonds is 4. The van der Waals surface area contributed by atoms with Crippen LogP contribution in [0.25, 0.3) is 6.08 Å². The molecule has 3 aromatic rings. The number of fused-ring (bicyclic) bond motifs is 1. The summed E-state index contributed by atoms with van der Waals surface area (Å²) < 4.78 is 25.3. The molecule has 0 saturated carbocycles. The van der Waals surface area contributed by atoms with Gasteiger partial charge in [0.2, 0.25) is 5.78 Å². The first kappa shape index (κ1) is 18.3. The van der Waals surface area contributed by atoms with Gasteiger partial charge in [-0.25, -0.2) is 4.39 Å². The number of ether oxygens (including phenoxy) is 2. The Bertz CT molecular complexity index is 1080. The van der Waals surface area contributed by atoms with Crippen molar-refractivity contribution in [3.8, 4) is 11.5 Å². The van der Waals surface area contributed by atoms with Crippen LogP contribution in [-0.2, 0) is 6.61 Å². The fourth-order valence-electron chi connectivity index (χ4n) is 2.97. The Balaban J connectivity index is 1.55. The minimum atomic E-state index is -0.427. The van der Waals surface area contributed by atoms with Crippen LogP contribution in [0.1, 0.15) is 27.0 Å². The summed E-state index contributed by atoms with van der Waals surface area (Å²) in [6.45, 7) is 1.95. The second-order valence-electron chi connectivity index (χ2n) is 6.44. The van der Waals surface area contributed by atoms with Crippen LogP contribution in [0, 0.1) is 12.7 Å². The van der Waals surface area contributed by atoms with E-state index < -0.39 is 5.82 Å². The highest BCUT2D eigenvalue weighted by Crippen LogP contribution is 2.35. The Hall–Kier alpha value is -3.11. The van der Waals surface area contributed by atoms with Gasteiger partial charge in [0, 0.05) is 11.6 Å². The van der Waals surface area contributed by atoms with Crippen molar-refractivity contribution in [1.82, 2.24) is 0 Å². The van der Waals surface area contributed by atoms with Crippen LogP contribution in [0.5, 0.6) is 11.5 Å². The lowest BCUT2D eigenvalue weighted by atomic mass is 10.1. The van der Waals surface area contributed by atoms with E-state index in [9.17, 15) is 9.18 Å². The molecule has 28 heavy (non-hydrogen) atoms. The van der Waals surface area contributed by atoms with Gasteiger partial charge in [-0.2, -0.15) is 0 Å². The molecule has 0 bridgehead atoms. The maximum atomic E-state index is 13.9. The van der Waals surface area contributed by atoms with Crippen LogP contribution < -0.4 is 9.47 Å². The molecule has 1 aliphatic rings. The van der Waals surface area contributed by atoms with E-state index in [1.165, 1.54) is 6.07 Å². The van der Waals surface area contributed by atoms with E-state index in [0.717, 1.165) is 11.1 Å². The van der Waals surface area contributed by atoms with Gasteiger partial charge >= 0.3 is 0 Å². The molecule has 3 aromatic carbocycles. The zero-order valence-corrected chi connectivity index (χ0v) is 15.8. The number of benzene rings is 3. The van der Waals surface area contributed by atoms with Crippen molar-refractivity contribution in [2.45, 2.75) is 13.5 Å². The van der Waals surface area contributed by atoms with Gasteiger partial charge in [0.1, 0.15) is 23.9 Å². The third-order valence-corrected chi connectivity index (χ3v) is 4.92. The van der Waals surface area contributed by atoms with Gasteiger partial charge in [-0.1, -0.05) is 41.9 Å². The number of allylic oxidation sites excluding steroid dienone is 1. The molecule has 0 N–H and O–H groups in total. The van der Waals surface area contributed by atoms with E-state index in [2.05, 4.69) is 0 Å². The van der Waals surface area contributed by atoms with Gasteiger partial charge < -0.3 is 9.47 Å². The van der Waals surface area contributed by atoms with E-state index in [1.54, 1.807) is 36.4 Å². The van der Waals surface area contributed by atoms with Crippen molar-refractivity contribution in [3.63, 3.8) is 0 Å². The van der Waals surface area contributed by atoms with E-state index in [0.29, 0.717) is 22.1 Å². The molecule has 0 aliphatic carbocycles. The molecule has 0 fully saturated rings. The average molecular weight is 395 g/mol. The maximum absolute atomic E-state index is 13.9. The predicted octanol–water partition coefficient (Wildman–Crippen LogP) is 5.98. The smallest absolute Gasteiger partial charge is 0.231 e. The first-order valence-corrected chi connectivity index (χ1v) is 9.10. The predicted molar refractivity (Wildman–Crippen MR) is 106 cm³/mol. The maximum Gasteiger partial charge on any atom is 0.231 e. The monoisotopic (exact) mass is 394 g/mol. The third-order valence-electron chi connectivity index (χ3n) is 4.56. The number of ketones is 1. The number of aryl methyl sites for hydroxylation is 1. The summed E-state index contributed by atoms with van der Waals surface area (Å²) in [7, 11) is 0. The quantitative estimate of drug-likeness (QED) is 0.510. The van der Waals surface area contributed by atoms with Crippen LogP contribution in [0.2, 0.25) is 5.02 Å². The van der Waals surface area contributed by atoms with Crippen molar-refractivity contribution in [1.29, 1.82) is 0 Å². The SMILES string of the molecule is Cc1ccccc1/C=C1\Oc2cc(OCc3c(F)cccc3Cl)ccc2C1=O. The summed E-state index contributed by atoms with van der Waals surface area (Å²) in [4.78, 5) is 12.6. The highest BCUT2D eigenvalue weighted by atomic mass is 35.5. The van der Waals surface area contributed by atoms with Crippen molar-refractivity contribution < 1.29 is 18.7 Å². The Kier molecular flexibility index (Phi) is 4.88. The molecule has 1 heterocycles. The normalized spacial score (nSPS) is 14.1. The summed E-state index contributed by atoms with van der Waals surface area (Å²) in [5.41, 5.74) is 2.72. The van der Waals surface area contributed by atoms with Crippen molar-refractivity contribution in [2.75, 3.05) is 0 Å². The Morgan fingerprint density at radius 1 is 1.11 bits per heavy atom. The molecule has 4 rings (SSSR count). The first-order chi connectivity index (χ1) is 13.5. The molecule has 0 saturated heterocycles. The molecule has 0 spiro atoms. The topological polar surface area (TPSA) is 35.5 Å². The summed E-state index contributed by atoms with van der Waals surface area (Å²) in [6, 6.07) is 17.2. The van der Waals surface area contributed by atoms with E-state index >= 15 is 0 Å².